The van der Waals surface area contributed by atoms with E-state index in [1.54, 1.807) is 10.6 Å². The van der Waals surface area contributed by atoms with Crippen LogP contribution < -0.4 is 15.8 Å². The van der Waals surface area contributed by atoms with Crippen molar-refractivity contribution < 1.29 is 14.4 Å². The summed E-state index contributed by atoms with van der Waals surface area (Å²) in [7, 11) is 1.42. The molecule has 3 aromatic rings. The van der Waals surface area contributed by atoms with Crippen molar-refractivity contribution in [2.45, 2.75) is 26.8 Å². The normalized spacial score (nSPS) is 11.3. The van der Waals surface area contributed by atoms with Crippen LogP contribution in [-0.4, -0.2) is 39.9 Å². The van der Waals surface area contributed by atoms with Gasteiger partial charge in [0.15, 0.2) is 0 Å². The van der Waals surface area contributed by atoms with E-state index >= 15 is 0 Å². The minimum absolute atomic E-state index is 0.0439. The predicted molar refractivity (Wildman–Crippen MR) is 107 cm³/mol. The van der Waals surface area contributed by atoms with Gasteiger partial charge in [-0.3, -0.25) is 4.57 Å². The summed E-state index contributed by atoms with van der Waals surface area (Å²) in [5, 5.41) is 7.47. The van der Waals surface area contributed by atoms with Gasteiger partial charge in [-0.2, -0.15) is 0 Å². The first kappa shape index (κ1) is 19.2. The van der Waals surface area contributed by atoms with Crippen LogP contribution in [0, 0.1) is 6.92 Å². The van der Waals surface area contributed by atoms with Crippen LogP contribution in [0.3, 0.4) is 0 Å². The monoisotopic (exact) mass is 382 g/mol. The fourth-order valence-electron chi connectivity index (χ4n) is 2.79. The molecule has 0 spiro atoms. The van der Waals surface area contributed by atoms with Crippen molar-refractivity contribution in [1.29, 1.82) is 0 Å². The molecular formula is C19H22N6O3. The van der Waals surface area contributed by atoms with Gasteiger partial charge in [0.2, 0.25) is 5.88 Å². The molecule has 0 aliphatic carbocycles. The Morgan fingerprint density at radius 3 is 2.82 bits per heavy atom. The molecule has 2 aromatic heterocycles. The molecule has 0 saturated carbocycles. The molecule has 0 fully saturated rings. The summed E-state index contributed by atoms with van der Waals surface area (Å²) in [6.45, 7) is 5.72. The number of oxime groups is 1. The number of hydrogen-bond donors (Lipinski definition) is 2. The molecule has 9 nitrogen and oxygen atoms in total. The van der Waals surface area contributed by atoms with Crippen LogP contribution in [-0.2, 0) is 4.84 Å². The number of aryl methyl sites for hydroxylation is 1. The Balaban J connectivity index is 1.96. The predicted octanol–water partition coefficient (Wildman–Crippen LogP) is 3.06. The van der Waals surface area contributed by atoms with Gasteiger partial charge in [-0.05, 0) is 45.0 Å². The number of amides is 1. The van der Waals surface area contributed by atoms with Gasteiger partial charge >= 0.3 is 6.03 Å². The Bertz CT molecular complexity index is 1040. The SMILES string of the molecule is CO/N=C/c1c(N)ncnc1Oc1ccc2c(c1)cc(C)n2C(=O)NC(C)C. The fraction of sp³-hybridized carbons (Fsp3) is 0.263. The highest BCUT2D eigenvalue weighted by Crippen LogP contribution is 2.29. The minimum Gasteiger partial charge on any atom is -0.438 e. The number of nitrogens with one attached hydrogen (secondary N) is 1. The second-order valence-corrected chi connectivity index (χ2v) is 6.44. The minimum atomic E-state index is -0.169. The van der Waals surface area contributed by atoms with E-state index in [0.29, 0.717) is 11.3 Å². The third kappa shape index (κ3) is 3.88. The lowest BCUT2D eigenvalue weighted by Gasteiger charge is -2.12. The summed E-state index contributed by atoms with van der Waals surface area (Å²) in [5.74, 6) is 1.01. The van der Waals surface area contributed by atoms with Crippen LogP contribution in [0.4, 0.5) is 10.6 Å². The number of nitrogen functional groups attached to an aromatic ring is 1. The third-order valence-electron chi connectivity index (χ3n) is 3.95. The third-order valence-corrected chi connectivity index (χ3v) is 3.95. The molecular weight excluding hydrogens is 360 g/mol. The smallest absolute Gasteiger partial charge is 0.326 e. The van der Waals surface area contributed by atoms with E-state index in [1.165, 1.54) is 19.7 Å². The van der Waals surface area contributed by atoms with Crippen molar-refractivity contribution in [3.8, 4) is 11.6 Å². The number of carbonyl (C=O) groups is 1. The molecule has 0 aliphatic heterocycles. The highest BCUT2D eigenvalue weighted by atomic mass is 16.6. The molecule has 1 amide bonds. The van der Waals surface area contributed by atoms with Gasteiger partial charge < -0.3 is 20.6 Å². The van der Waals surface area contributed by atoms with E-state index in [-0.39, 0.29) is 23.8 Å². The Morgan fingerprint density at radius 1 is 1.32 bits per heavy atom. The molecule has 0 atom stereocenters. The van der Waals surface area contributed by atoms with E-state index in [2.05, 4.69) is 20.4 Å². The zero-order chi connectivity index (χ0) is 20.3. The van der Waals surface area contributed by atoms with Crippen LogP contribution in [0.25, 0.3) is 10.9 Å². The lowest BCUT2D eigenvalue weighted by molar-refractivity contribution is 0.215. The number of nitrogens with two attached hydrogens (primary N) is 1. The van der Waals surface area contributed by atoms with Crippen molar-refractivity contribution >= 4 is 29.0 Å². The first-order valence-corrected chi connectivity index (χ1v) is 8.68. The van der Waals surface area contributed by atoms with Crippen LogP contribution in [0.2, 0.25) is 0 Å². The zero-order valence-electron chi connectivity index (χ0n) is 16.1. The van der Waals surface area contributed by atoms with Crippen molar-refractivity contribution in [2.75, 3.05) is 12.8 Å². The molecule has 0 radical (unpaired) electrons. The zero-order valence-corrected chi connectivity index (χ0v) is 16.1. The molecule has 146 valence electrons. The summed E-state index contributed by atoms with van der Waals surface area (Å²) in [5.41, 5.74) is 7.90. The lowest BCUT2D eigenvalue weighted by Crippen LogP contribution is -2.34. The van der Waals surface area contributed by atoms with Gasteiger partial charge in [0.05, 0.1) is 11.7 Å². The summed E-state index contributed by atoms with van der Waals surface area (Å²) in [6, 6.07) is 7.21. The average Bonchev–Trinajstić information content (AvgIpc) is 2.95. The van der Waals surface area contributed by atoms with Crippen molar-refractivity contribution in [3.05, 3.63) is 41.9 Å². The van der Waals surface area contributed by atoms with E-state index in [4.69, 9.17) is 15.3 Å². The van der Waals surface area contributed by atoms with Crippen molar-refractivity contribution in [3.63, 3.8) is 0 Å². The van der Waals surface area contributed by atoms with E-state index in [1.807, 2.05) is 39.0 Å². The highest BCUT2D eigenvalue weighted by molar-refractivity contribution is 5.94. The number of ether oxygens (including phenoxy) is 1. The number of nitrogens with zero attached hydrogens (tertiary/aromatic N) is 4. The number of benzene rings is 1. The van der Waals surface area contributed by atoms with Crippen LogP contribution in [0.5, 0.6) is 11.6 Å². The van der Waals surface area contributed by atoms with E-state index in [9.17, 15) is 4.79 Å². The van der Waals surface area contributed by atoms with Gasteiger partial charge in [0, 0.05) is 17.1 Å². The number of anilines is 1. The van der Waals surface area contributed by atoms with Crippen molar-refractivity contribution in [1.82, 2.24) is 19.9 Å². The Morgan fingerprint density at radius 2 is 2.11 bits per heavy atom. The first-order valence-electron chi connectivity index (χ1n) is 8.68. The van der Waals surface area contributed by atoms with E-state index in [0.717, 1.165) is 16.6 Å². The van der Waals surface area contributed by atoms with Crippen molar-refractivity contribution in [2.24, 2.45) is 5.16 Å². The second-order valence-electron chi connectivity index (χ2n) is 6.44. The Hall–Kier alpha value is -3.62. The quantitative estimate of drug-likeness (QED) is 0.517. The standard InChI is InChI=1S/C19H22N6O3/c1-11(2)24-19(26)25-12(3)7-13-8-14(5-6-16(13)25)28-18-15(9-23-27-4)17(20)21-10-22-18/h5-11H,1-4H3,(H,24,26)(H2,20,21,22)/b23-9+. The maximum Gasteiger partial charge on any atom is 0.326 e. The molecule has 0 aliphatic rings. The number of hydrogen-bond acceptors (Lipinski definition) is 7. The van der Waals surface area contributed by atoms with Crippen LogP contribution >= 0.6 is 0 Å². The summed E-state index contributed by atoms with van der Waals surface area (Å²) in [4.78, 5) is 25.2. The molecule has 3 rings (SSSR count). The molecule has 28 heavy (non-hydrogen) atoms. The summed E-state index contributed by atoms with van der Waals surface area (Å²) >= 11 is 0. The fourth-order valence-corrected chi connectivity index (χ4v) is 2.79. The number of aromatic nitrogens is 3. The van der Waals surface area contributed by atoms with Gasteiger partial charge in [0.25, 0.3) is 0 Å². The molecule has 9 heteroatoms. The van der Waals surface area contributed by atoms with Crippen LogP contribution in [0.15, 0.2) is 35.7 Å². The molecule has 0 bridgehead atoms. The maximum atomic E-state index is 12.5. The Labute approximate surface area is 162 Å². The van der Waals surface area contributed by atoms with Gasteiger partial charge in [0.1, 0.15) is 30.6 Å². The first-order chi connectivity index (χ1) is 13.4. The summed E-state index contributed by atoms with van der Waals surface area (Å²) in [6.07, 6.45) is 2.70. The molecule has 0 unspecified atom stereocenters. The second kappa shape index (κ2) is 7.95. The van der Waals surface area contributed by atoms with Gasteiger partial charge in [-0.1, -0.05) is 5.16 Å². The van der Waals surface area contributed by atoms with E-state index < -0.39 is 0 Å². The molecule has 2 heterocycles. The van der Waals surface area contributed by atoms with Gasteiger partial charge in [-0.15, -0.1) is 0 Å². The number of carbonyl (C=O) groups excluding carboxylic acids is 1. The average molecular weight is 382 g/mol. The maximum absolute atomic E-state index is 12.5. The number of rotatable bonds is 5. The molecule has 0 saturated heterocycles. The highest BCUT2D eigenvalue weighted by Gasteiger charge is 2.15. The molecule has 1 aromatic carbocycles. The number of fused-ring (bicyclic) bond motifs is 1. The summed E-state index contributed by atoms with van der Waals surface area (Å²) < 4.78 is 7.52. The molecule has 3 N–H and O–H groups in total. The largest absolute Gasteiger partial charge is 0.438 e. The lowest BCUT2D eigenvalue weighted by atomic mass is 10.2. The Kier molecular flexibility index (Phi) is 5.44. The van der Waals surface area contributed by atoms with Crippen LogP contribution in [0.1, 0.15) is 25.1 Å². The van der Waals surface area contributed by atoms with Gasteiger partial charge in [-0.25, -0.2) is 14.8 Å². The topological polar surface area (TPSA) is 117 Å².